The van der Waals surface area contributed by atoms with Crippen molar-refractivity contribution in [2.75, 3.05) is 7.11 Å². The van der Waals surface area contributed by atoms with Crippen LogP contribution in [0.5, 0.6) is 0 Å². The number of hydrogen-bond acceptors (Lipinski definition) is 4. The summed E-state index contributed by atoms with van der Waals surface area (Å²) in [6.45, 7) is 1.93. The summed E-state index contributed by atoms with van der Waals surface area (Å²) in [5.41, 5.74) is 0.867. The molecule has 1 rings (SSSR count). The van der Waals surface area contributed by atoms with E-state index in [1.54, 1.807) is 12.2 Å². The number of rotatable bonds is 3. The summed E-state index contributed by atoms with van der Waals surface area (Å²) >= 11 is 3.38. The first-order chi connectivity index (χ1) is 7.58. The highest BCUT2D eigenvalue weighted by molar-refractivity contribution is 9.11. The number of halogens is 1. The van der Waals surface area contributed by atoms with E-state index in [-0.39, 0.29) is 18.3 Å². The monoisotopic (exact) mass is 285 g/mol. The number of carbonyl (C=O) groups is 1. The van der Waals surface area contributed by atoms with Gasteiger partial charge in [0.05, 0.1) is 13.5 Å². The second kappa shape index (κ2) is 5.75. The van der Waals surface area contributed by atoms with E-state index in [9.17, 15) is 9.70 Å². The normalized spacial score (nSPS) is 20.2. The van der Waals surface area contributed by atoms with Crippen molar-refractivity contribution < 1.29 is 9.53 Å². The Bertz CT molecular complexity index is 396. The van der Waals surface area contributed by atoms with Crippen LogP contribution in [0.2, 0.25) is 0 Å². The molecule has 0 N–H and O–H groups in total. The molecule has 0 amide bonds. The van der Waals surface area contributed by atoms with Crippen molar-refractivity contribution >= 4 is 21.9 Å². The molecule has 5 heteroatoms. The van der Waals surface area contributed by atoms with Crippen molar-refractivity contribution in [3.63, 3.8) is 0 Å². The van der Waals surface area contributed by atoms with E-state index in [0.717, 1.165) is 4.48 Å². The van der Waals surface area contributed by atoms with Gasteiger partial charge in [0.2, 0.25) is 0 Å². The second-order valence-electron chi connectivity index (χ2n) is 3.43. The molecule has 0 bridgehead atoms. The highest BCUT2D eigenvalue weighted by Crippen LogP contribution is 2.28. The van der Waals surface area contributed by atoms with E-state index in [0.29, 0.717) is 11.3 Å². The maximum Gasteiger partial charge on any atom is 0.310 e. The van der Waals surface area contributed by atoms with Gasteiger partial charge in [-0.05, 0) is 16.8 Å². The highest BCUT2D eigenvalue weighted by atomic mass is 79.9. The summed E-state index contributed by atoms with van der Waals surface area (Å²) in [5.74, 6) is -0.320. The van der Waals surface area contributed by atoms with Crippen molar-refractivity contribution in [3.05, 3.63) is 38.9 Å². The van der Waals surface area contributed by atoms with Gasteiger partial charge >= 0.3 is 5.97 Å². The third kappa shape index (κ3) is 3.13. The predicted octanol–water partition coefficient (Wildman–Crippen LogP) is 3.05. The molecule has 1 aliphatic carbocycles. The van der Waals surface area contributed by atoms with Gasteiger partial charge < -0.3 is 4.74 Å². The maximum absolute atomic E-state index is 11.2. The molecule has 0 aromatic rings. The Labute approximate surface area is 102 Å². The largest absolute Gasteiger partial charge is 0.469 e. The van der Waals surface area contributed by atoms with E-state index in [4.69, 9.17) is 0 Å². The molecule has 0 radical (unpaired) electrons. The predicted molar refractivity (Wildman–Crippen MR) is 64.8 cm³/mol. The summed E-state index contributed by atoms with van der Waals surface area (Å²) in [6.07, 6.45) is 5.29. The van der Waals surface area contributed by atoms with Crippen LogP contribution in [0.4, 0.5) is 0 Å². The smallest absolute Gasteiger partial charge is 0.310 e. The number of ether oxygens (including phenoxy) is 1. The van der Waals surface area contributed by atoms with E-state index in [1.807, 2.05) is 13.0 Å². The average molecular weight is 286 g/mol. The molecular formula is C11H12BrNO3. The van der Waals surface area contributed by atoms with Crippen LogP contribution in [-0.4, -0.2) is 13.1 Å². The number of methoxy groups -OCH3 is 1. The Hall–Kier alpha value is -1.23. The van der Waals surface area contributed by atoms with E-state index >= 15 is 0 Å². The molecule has 1 unspecified atom stereocenters. The minimum atomic E-state index is -0.389. The number of esters is 1. The Morgan fingerprint density at radius 3 is 2.81 bits per heavy atom. The molecule has 1 aliphatic rings. The lowest BCUT2D eigenvalue weighted by Crippen LogP contribution is -2.03. The quantitative estimate of drug-likeness (QED) is 0.592. The minimum Gasteiger partial charge on any atom is -0.469 e. The first kappa shape index (κ1) is 12.8. The number of nitroso groups, excluding NO2 is 1. The fourth-order valence-corrected chi connectivity index (χ4v) is 1.57. The number of hydrogen-bond donors (Lipinski definition) is 0. The fraction of sp³-hybridized carbons (Fsp3) is 0.364. The third-order valence-electron chi connectivity index (χ3n) is 2.28. The van der Waals surface area contributed by atoms with Crippen LogP contribution in [0.15, 0.2) is 39.2 Å². The van der Waals surface area contributed by atoms with Crippen molar-refractivity contribution in [2.24, 2.45) is 11.1 Å². The summed E-state index contributed by atoms with van der Waals surface area (Å²) in [5, 5.41) is 2.94. The Kier molecular flexibility index (Phi) is 4.61. The first-order valence-electron chi connectivity index (χ1n) is 4.77. The molecule has 0 fully saturated rings. The SMILES string of the molecule is COC(=O)CC1=CC=C(Br)C(C)C=C1N=O. The summed E-state index contributed by atoms with van der Waals surface area (Å²) in [7, 11) is 1.31. The standard InChI is InChI=1S/C11H12BrNO3/c1-7-5-10(13-15)8(3-4-9(7)12)6-11(14)16-2/h3-5,7H,6H2,1-2H3. The van der Waals surface area contributed by atoms with Gasteiger partial charge in [0.1, 0.15) is 5.70 Å². The zero-order chi connectivity index (χ0) is 12.1. The zero-order valence-corrected chi connectivity index (χ0v) is 10.7. The van der Waals surface area contributed by atoms with Crippen molar-refractivity contribution in [1.82, 2.24) is 0 Å². The van der Waals surface area contributed by atoms with Gasteiger partial charge in [0, 0.05) is 10.4 Å². The van der Waals surface area contributed by atoms with Gasteiger partial charge in [-0.15, -0.1) is 4.91 Å². The summed E-state index contributed by atoms with van der Waals surface area (Å²) < 4.78 is 5.50. The molecule has 86 valence electrons. The Morgan fingerprint density at radius 2 is 2.25 bits per heavy atom. The fourth-order valence-electron chi connectivity index (χ4n) is 1.31. The van der Waals surface area contributed by atoms with Crippen LogP contribution >= 0.6 is 15.9 Å². The molecule has 16 heavy (non-hydrogen) atoms. The van der Waals surface area contributed by atoms with E-state index in [1.165, 1.54) is 7.11 Å². The first-order valence-corrected chi connectivity index (χ1v) is 5.56. The van der Waals surface area contributed by atoms with Crippen LogP contribution in [-0.2, 0) is 9.53 Å². The summed E-state index contributed by atoms with van der Waals surface area (Å²) in [4.78, 5) is 21.8. The second-order valence-corrected chi connectivity index (χ2v) is 4.34. The lowest BCUT2D eigenvalue weighted by molar-refractivity contribution is -0.139. The van der Waals surface area contributed by atoms with E-state index in [2.05, 4.69) is 25.8 Å². The van der Waals surface area contributed by atoms with Crippen molar-refractivity contribution in [3.8, 4) is 0 Å². The van der Waals surface area contributed by atoms with Gasteiger partial charge in [-0.25, -0.2) is 0 Å². The van der Waals surface area contributed by atoms with Gasteiger partial charge in [-0.1, -0.05) is 35.0 Å². The molecule has 1 atom stereocenters. The van der Waals surface area contributed by atoms with Crippen LogP contribution in [0, 0.1) is 10.8 Å². The molecule has 0 aliphatic heterocycles. The average Bonchev–Trinajstić information content (AvgIpc) is 2.41. The highest BCUT2D eigenvalue weighted by Gasteiger charge is 2.16. The van der Waals surface area contributed by atoms with Gasteiger partial charge in [0.15, 0.2) is 0 Å². The summed E-state index contributed by atoms with van der Waals surface area (Å²) in [6, 6.07) is 0. The molecule has 0 saturated heterocycles. The number of allylic oxidation sites excluding steroid dienone is 5. The zero-order valence-electron chi connectivity index (χ0n) is 9.07. The molecule has 0 spiro atoms. The third-order valence-corrected chi connectivity index (χ3v) is 3.26. The molecule has 0 aromatic carbocycles. The molecule has 0 saturated carbocycles. The van der Waals surface area contributed by atoms with E-state index < -0.39 is 0 Å². The molecular weight excluding hydrogens is 274 g/mol. The van der Waals surface area contributed by atoms with Crippen LogP contribution in [0.25, 0.3) is 0 Å². The number of carbonyl (C=O) groups excluding carboxylic acids is 1. The Morgan fingerprint density at radius 1 is 1.56 bits per heavy atom. The van der Waals surface area contributed by atoms with Crippen LogP contribution in [0.1, 0.15) is 13.3 Å². The van der Waals surface area contributed by atoms with Crippen LogP contribution < -0.4 is 0 Å². The lowest BCUT2D eigenvalue weighted by Gasteiger charge is -2.04. The molecule has 0 heterocycles. The minimum absolute atomic E-state index is 0.0531. The Balaban J connectivity index is 3.00. The molecule has 0 aromatic heterocycles. The van der Waals surface area contributed by atoms with Crippen molar-refractivity contribution in [1.29, 1.82) is 0 Å². The van der Waals surface area contributed by atoms with Crippen molar-refractivity contribution in [2.45, 2.75) is 13.3 Å². The topological polar surface area (TPSA) is 55.7 Å². The maximum atomic E-state index is 11.2. The molecule has 4 nitrogen and oxygen atoms in total. The van der Waals surface area contributed by atoms with Gasteiger partial charge in [0.25, 0.3) is 0 Å². The van der Waals surface area contributed by atoms with Gasteiger partial charge in [-0.3, -0.25) is 4.79 Å². The lowest BCUT2D eigenvalue weighted by atomic mass is 10.1. The van der Waals surface area contributed by atoms with Crippen LogP contribution in [0.3, 0.4) is 0 Å². The van der Waals surface area contributed by atoms with Gasteiger partial charge in [-0.2, -0.15) is 0 Å². The number of nitrogens with zero attached hydrogens (tertiary/aromatic N) is 1.